The number of rotatable bonds is 6. The second kappa shape index (κ2) is 8.48. The van der Waals surface area contributed by atoms with Crippen molar-refractivity contribution in [2.24, 2.45) is 0 Å². The highest BCUT2D eigenvalue weighted by Gasteiger charge is 2.14. The highest BCUT2D eigenvalue weighted by molar-refractivity contribution is 5.90. The number of amides is 1. The maximum Gasteiger partial charge on any atom is 0.278 e. The summed E-state index contributed by atoms with van der Waals surface area (Å²) in [6.07, 6.45) is 4.17. The van der Waals surface area contributed by atoms with Gasteiger partial charge in [0.25, 0.3) is 11.4 Å². The molecule has 30 heavy (non-hydrogen) atoms. The van der Waals surface area contributed by atoms with Crippen LogP contribution in [0.4, 0.5) is 5.69 Å². The van der Waals surface area contributed by atoms with Crippen molar-refractivity contribution in [3.05, 3.63) is 76.8 Å². The summed E-state index contributed by atoms with van der Waals surface area (Å²) in [6, 6.07) is 13.9. The molecule has 0 aliphatic carbocycles. The van der Waals surface area contributed by atoms with E-state index < -0.39 is 5.56 Å². The van der Waals surface area contributed by atoms with E-state index >= 15 is 0 Å². The van der Waals surface area contributed by atoms with Gasteiger partial charge in [-0.3, -0.25) is 14.6 Å². The molecule has 0 saturated carbocycles. The average molecular weight is 402 g/mol. The lowest BCUT2D eigenvalue weighted by Gasteiger charge is -2.07. The highest BCUT2D eigenvalue weighted by Crippen LogP contribution is 2.19. The number of carbonyl (C=O) groups is 1. The smallest absolute Gasteiger partial charge is 0.278 e. The Labute approximate surface area is 171 Å². The van der Waals surface area contributed by atoms with Gasteiger partial charge >= 0.3 is 0 Å². The van der Waals surface area contributed by atoms with Crippen LogP contribution in [0.25, 0.3) is 23.0 Å². The summed E-state index contributed by atoms with van der Waals surface area (Å²) in [5.74, 6) is 0.122. The van der Waals surface area contributed by atoms with Crippen LogP contribution in [-0.4, -0.2) is 30.8 Å². The lowest BCUT2D eigenvalue weighted by Crippen LogP contribution is -2.29. The molecule has 0 unspecified atom stereocenters. The van der Waals surface area contributed by atoms with Gasteiger partial charge in [0.2, 0.25) is 11.7 Å². The van der Waals surface area contributed by atoms with Crippen molar-refractivity contribution in [3.8, 4) is 23.0 Å². The summed E-state index contributed by atoms with van der Waals surface area (Å²) in [7, 11) is 0. The second-order valence-electron chi connectivity index (χ2n) is 6.48. The van der Waals surface area contributed by atoms with Gasteiger partial charge < -0.3 is 9.84 Å². The van der Waals surface area contributed by atoms with Crippen LogP contribution in [0.5, 0.6) is 0 Å². The number of benzene rings is 1. The number of aryl methyl sites for hydroxylation is 1. The van der Waals surface area contributed by atoms with Crippen molar-refractivity contribution in [2.45, 2.75) is 19.9 Å². The first-order chi connectivity index (χ1) is 14.6. The SMILES string of the molecule is CCc1ccc(NC(=O)Cn2nc(-c3nc(-c4cccnc4)no3)ccc2=O)cc1. The van der Waals surface area contributed by atoms with E-state index in [9.17, 15) is 9.59 Å². The zero-order valence-electron chi connectivity index (χ0n) is 16.1. The first kappa shape index (κ1) is 19.2. The molecule has 1 amide bonds. The number of pyridine rings is 1. The normalized spacial score (nSPS) is 10.7. The van der Waals surface area contributed by atoms with Crippen molar-refractivity contribution in [1.29, 1.82) is 0 Å². The molecule has 0 atom stereocenters. The van der Waals surface area contributed by atoms with Gasteiger partial charge in [-0.15, -0.1) is 0 Å². The fraction of sp³-hybridized carbons (Fsp3) is 0.143. The molecule has 4 rings (SSSR count). The minimum Gasteiger partial charge on any atom is -0.332 e. The maximum absolute atomic E-state index is 12.4. The Morgan fingerprint density at radius 3 is 2.70 bits per heavy atom. The molecule has 9 heteroatoms. The van der Waals surface area contributed by atoms with Gasteiger partial charge in [0.05, 0.1) is 0 Å². The van der Waals surface area contributed by atoms with E-state index in [0.29, 0.717) is 17.1 Å². The van der Waals surface area contributed by atoms with Crippen molar-refractivity contribution in [2.75, 3.05) is 5.32 Å². The third kappa shape index (κ3) is 4.30. The fourth-order valence-corrected chi connectivity index (χ4v) is 2.78. The Kier molecular flexibility index (Phi) is 5.42. The van der Waals surface area contributed by atoms with E-state index in [1.165, 1.54) is 17.7 Å². The number of carbonyl (C=O) groups excluding carboxylic acids is 1. The molecular weight excluding hydrogens is 384 g/mol. The zero-order chi connectivity index (χ0) is 20.9. The molecule has 3 aromatic heterocycles. The summed E-state index contributed by atoms with van der Waals surface area (Å²) in [4.78, 5) is 32.8. The fourth-order valence-electron chi connectivity index (χ4n) is 2.78. The molecule has 1 N–H and O–H groups in total. The first-order valence-electron chi connectivity index (χ1n) is 9.34. The van der Waals surface area contributed by atoms with E-state index in [1.54, 1.807) is 24.5 Å². The molecule has 150 valence electrons. The Morgan fingerprint density at radius 1 is 1.13 bits per heavy atom. The minimum absolute atomic E-state index is 0.137. The Morgan fingerprint density at radius 2 is 1.97 bits per heavy atom. The molecule has 0 bridgehead atoms. The lowest BCUT2D eigenvalue weighted by atomic mass is 10.1. The van der Waals surface area contributed by atoms with E-state index in [-0.39, 0.29) is 24.0 Å². The van der Waals surface area contributed by atoms with E-state index in [0.717, 1.165) is 11.1 Å². The van der Waals surface area contributed by atoms with Crippen LogP contribution < -0.4 is 10.9 Å². The van der Waals surface area contributed by atoms with Crippen molar-refractivity contribution < 1.29 is 9.32 Å². The minimum atomic E-state index is -0.415. The van der Waals surface area contributed by atoms with Crippen LogP contribution in [0.15, 0.2) is 70.2 Å². The third-order valence-electron chi connectivity index (χ3n) is 4.37. The number of hydrogen-bond donors (Lipinski definition) is 1. The molecule has 0 aliphatic rings. The third-order valence-corrected chi connectivity index (χ3v) is 4.37. The van der Waals surface area contributed by atoms with Gasteiger partial charge in [0, 0.05) is 29.7 Å². The van der Waals surface area contributed by atoms with Crippen molar-refractivity contribution >= 4 is 11.6 Å². The summed E-state index contributed by atoms with van der Waals surface area (Å²) in [6.45, 7) is 1.81. The molecule has 0 fully saturated rings. The molecular formula is C21H18N6O3. The van der Waals surface area contributed by atoms with Gasteiger partial charge in [-0.1, -0.05) is 24.2 Å². The monoisotopic (exact) mass is 402 g/mol. The van der Waals surface area contributed by atoms with E-state index in [2.05, 4.69) is 32.5 Å². The topological polar surface area (TPSA) is 116 Å². The quantitative estimate of drug-likeness (QED) is 0.527. The Balaban J connectivity index is 1.51. The largest absolute Gasteiger partial charge is 0.332 e. The van der Waals surface area contributed by atoms with Crippen LogP contribution in [-0.2, 0) is 17.8 Å². The van der Waals surface area contributed by atoms with Gasteiger partial charge in [-0.2, -0.15) is 10.1 Å². The van der Waals surface area contributed by atoms with Gasteiger partial charge in [-0.25, -0.2) is 4.68 Å². The average Bonchev–Trinajstić information content (AvgIpc) is 3.27. The Bertz CT molecular complexity index is 1220. The molecule has 0 spiro atoms. The van der Waals surface area contributed by atoms with Gasteiger partial charge in [-0.05, 0) is 42.3 Å². The summed E-state index contributed by atoms with van der Waals surface area (Å²) >= 11 is 0. The van der Waals surface area contributed by atoms with E-state index in [1.807, 2.05) is 24.3 Å². The highest BCUT2D eigenvalue weighted by atomic mass is 16.5. The molecule has 3 heterocycles. The number of nitrogens with one attached hydrogen (secondary N) is 1. The van der Waals surface area contributed by atoms with Crippen molar-refractivity contribution in [3.63, 3.8) is 0 Å². The summed E-state index contributed by atoms with van der Waals surface area (Å²) < 4.78 is 6.31. The molecule has 0 aliphatic heterocycles. The number of anilines is 1. The molecule has 9 nitrogen and oxygen atoms in total. The predicted octanol–water partition coefficient (Wildman–Crippen LogP) is 2.56. The predicted molar refractivity (Wildman–Crippen MR) is 109 cm³/mol. The van der Waals surface area contributed by atoms with Gasteiger partial charge in [0.15, 0.2) is 0 Å². The summed E-state index contributed by atoms with van der Waals surface area (Å²) in [5, 5.41) is 10.9. The van der Waals surface area contributed by atoms with Crippen LogP contribution in [0.1, 0.15) is 12.5 Å². The first-order valence-corrected chi connectivity index (χ1v) is 9.34. The number of hydrogen-bond acceptors (Lipinski definition) is 7. The molecule has 0 saturated heterocycles. The maximum atomic E-state index is 12.4. The zero-order valence-corrected chi connectivity index (χ0v) is 16.1. The van der Waals surface area contributed by atoms with Crippen molar-refractivity contribution in [1.82, 2.24) is 24.9 Å². The lowest BCUT2D eigenvalue weighted by molar-refractivity contribution is -0.117. The summed E-state index contributed by atoms with van der Waals surface area (Å²) in [5.41, 5.74) is 2.39. The standard InChI is InChI=1S/C21H18N6O3/c1-2-14-5-7-16(8-6-14)23-18(28)13-27-19(29)10-9-17(25-27)21-24-20(26-30-21)15-4-3-11-22-12-15/h3-12H,2,13H2,1H3,(H,23,28). The molecule has 0 radical (unpaired) electrons. The van der Waals surface area contributed by atoms with Crippen LogP contribution in [0.3, 0.4) is 0 Å². The number of aromatic nitrogens is 5. The van der Waals surface area contributed by atoms with Gasteiger partial charge in [0.1, 0.15) is 12.2 Å². The molecule has 4 aromatic rings. The van der Waals surface area contributed by atoms with Crippen LogP contribution >= 0.6 is 0 Å². The van der Waals surface area contributed by atoms with Crippen LogP contribution in [0, 0.1) is 0 Å². The molecule has 1 aromatic carbocycles. The Hall–Kier alpha value is -4.14. The number of nitrogens with zero attached hydrogens (tertiary/aromatic N) is 5. The van der Waals surface area contributed by atoms with E-state index in [4.69, 9.17) is 4.52 Å². The van der Waals surface area contributed by atoms with Crippen LogP contribution in [0.2, 0.25) is 0 Å². The second-order valence-corrected chi connectivity index (χ2v) is 6.48.